The van der Waals surface area contributed by atoms with Crippen LogP contribution in [0.4, 0.5) is 10.5 Å². The van der Waals surface area contributed by atoms with E-state index in [1.54, 1.807) is 12.1 Å². The van der Waals surface area contributed by atoms with Crippen molar-refractivity contribution < 1.29 is 108 Å². The summed E-state index contributed by atoms with van der Waals surface area (Å²) in [7, 11) is 0. The lowest BCUT2D eigenvalue weighted by atomic mass is 9.94. The van der Waals surface area contributed by atoms with Gasteiger partial charge in [0.2, 0.25) is 35.4 Å². The quantitative estimate of drug-likeness (QED) is 0.0200. The van der Waals surface area contributed by atoms with Crippen molar-refractivity contribution in [3.8, 4) is 33.8 Å². The lowest BCUT2D eigenvalue weighted by Gasteiger charge is -2.35. The van der Waals surface area contributed by atoms with E-state index in [4.69, 9.17) is 14.2 Å². The Labute approximate surface area is 639 Å². The normalized spacial score (nSPS) is 25.1. The highest BCUT2D eigenvalue weighted by Gasteiger charge is 2.50. The minimum absolute atomic E-state index is 0.0531. The molecule has 2 aliphatic carbocycles. The molecular weight excluding hydrogens is 1450 g/mol. The van der Waals surface area contributed by atoms with Crippen LogP contribution in [-0.4, -0.2) is 275 Å². The number of nitrogens with one attached hydrogen (secondary N) is 5. The topological polar surface area (TPSA) is 452 Å². The molecule has 15 N–H and O–H groups in total. The van der Waals surface area contributed by atoms with Gasteiger partial charge in [-0.3, -0.25) is 38.5 Å². The summed E-state index contributed by atoms with van der Waals surface area (Å²) < 4.78 is 15.4. The number of β-amino-alcohol motifs (C(OH)–C–C–N with tert-alkyl or cyclic N) is 1. The Kier molecular flexibility index (Phi) is 28.1. The molecule has 11 rings (SSSR count). The first-order chi connectivity index (χ1) is 52.9. The third kappa shape index (κ3) is 19.4. The average molecular weight is 1550 g/mol. The average Bonchev–Trinajstić information content (AvgIpc) is 1.61. The summed E-state index contributed by atoms with van der Waals surface area (Å²) in [5.41, 5.74) is 6.38. The summed E-state index contributed by atoms with van der Waals surface area (Å²) in [6.45, 7) is 2.20. The molecule has 8 amide bonds. The molecule has 13 atom stereocenters. The molecule has 594 valence electrons. The maximum atomic E-state index is 15.6. The first-order valence-electron chi connectivity index (χ1n) is 37.3. The standard InChI is InChI=1S/C77H98N10O22S/c1-43-38-87-68(69(43)96)74(101)78-37-52(91)35-59(79-70(97)48-20-18-46(19-21-48)47-22-24-50(25-23-47)84-29-10-28-83(31-32-84)49-11-4-3-5-12-49)71(98)80-65(44(2)90)75(102)86-39-53(92)36-60(86)72(99)81-66(63(95)33-45-17-26-61(93)64(34-45)107-110-109-108-105)73(100)82-67(76(87)103)62(94)27-30-85(51(40-88)41-89)77(104)106-42-58-56-15-8-6-13-54(56)55-14-7-9-16-57(55)58/h6-9,13-26,34,43-44,49,51-53,58-60,62-63,65-69,88-96,105H,3-5,10-12,27-33,35-42H2,1-2H3,(H,78,101)(H,79,97)(H,80,98)(H,81,99)(H,82,100)/t43-,44+,52+,53+,59?,60-,62+,63+,65-,66-,67-,68-,69-/m0/s1. The van der Waals surface area contributed by atoms with Gasteiger partial charge in [-0.2, -0.15) is 0 Å². The molecular formula is C77H98N10O22S. The number of nitrogens with zero attached hydrogens (tertiary/aromatic N) is 5. The molecule has 4 aliphatic heterocycles. The fourth-order valence-corrected chi connectivity index (χ4v) is 16.1. The summed E-state index contributed by atoms with van der Waals surface area (Å²) >= 11 is 0.0531. The fourth-order valence-electron chi connectivity index (χ4n) is 15.8. The van der Waals surface area contributed by atoms with Crippen LogP contribution in [0.2, 0.25) is 0 Å². The molecule has 5 aromatic rings. The van der Waals surface area contributed by atoms with Gasteiger partial charge in [0.15, 0.2) is 11.5 Å². The van der Waals surface area contributed by atoms with Gasteiger partial charge in [-0.05, 0) is 108 Å². The van der Waals surface area contributed by atoms with Crippen molar-refractivity contribution in [2.45, 2.75) is 169 Å². The van der Waals surface area contributed by atoms with E-state index in [0.717, 1.165) is 105 Å². The van der Waals surface area contributed by atoms with Crippen LogP contribution < -0.4 is 35.7 Å². The van der Waals surface area contributed by atoms with Gasteiger partial charge >= 0.3 is 6.09 Å². The van der Waals surface area contributed by atoms with Crippen molar-refractivity contribution >= 4 is 65.5 Å². The van der Waals surface area contributed by atoms with Crippen molar-refractivity contribution in [1.82, 2.24) is 46.2 Å². The van der Waals surface area contributed by atoms with Crippen LogP contribution in [0.25, 0.3) is 22.3 Å². The zero-order valence-electron chi connectivity index (χ0n) is 61.1. The number of ether oxygens (including phenoxy) is 1. The fraction of sp³-hybridized carbons (Fsp3) is 0.506. The van der Waals surface area contributed by atoms with Crippen LogP contribution in [0.5, 0.6) is 11.5 Å². The van der Waals surface area contributed by atoms with Crippen molar-refractivity contribution in [2.24, 2.45) is 5.92 Å². The Morgan fingerprint density at radius 2 is 1.33 bits per heavy atom. The predicted octanol–water partition coefficient (Wildman–Crippen LogP) is 1.21. The summed E-state index contributed by atoms with van der Waals surface area (Å²) in [5, 5.41) is 127. The van der Waals surface area contributed by atoms with E-state index in [0.29, 0.717) is 6.04 Å². The highest BCUT2D eigenvalue weighted by molar-refractivity contribution is 7.90. The number of fused-ring (bicyclic) bond motifs is 5. The Hall–Kier alpha value is -9.07. The number of amides is 8. The van der Waals surface area contributed by atoms with Gasteiger partial charge < -0.3 is 101 Å². The van der Waals surface area contributed by atoms with Gasteiger partial charge in [0.05, 0.1) is 55.9 Å². The number of benzene rings is 5. The van der Waals surface area contributed by atoms with Crippen LogP contribution in [0.1, 0.15) is 105 Å². The molecule has 1 unspecified atom stereocenters. The van der Waals surface area contributed by atoms with Crippen LogP contribution in [0.15, 0.2) is 115 Å². The maximum absolute atomic E-state index is 15.6. The second-order valence-corrected chi connectivity index (χ2v) is 29.6. The van der Waals surface area contributed by atoms with Crippen LogP contribution in [-0.2, 0) is 49.3 Å². The van der Waals surface area contributed by atoms with E-state index in [2.05, 4.69) is 57.9 Å². The molecule has 4 heterocycles. The number of aliphatic hydroxyl groups is 8. The van der Waals surface area contributed by atoms with Crippen LogP contribution in [0.3, 0.4) is 0 Å². The number of phenols is 1. The molecule has 5 fully saturated rings. The van der Waals surface area contributed by atoms with E-state index < -0.39 is 209 Å². The second-order valence-electron chi connectivity index (χ2n) is 29.2. The Morgan fingerprint density at radius 1 is 0.682 bits per heavy atom. The van der Waals surface area contributed by atoms with Gasteiger partial charge in [0.1, 0.15) is 42.9 Å². The molecule has 33 heteroatoms. The van der Waals surface area contributed by atoms with Gasteiger partial charge in [-0.15, -0.1) is 0 Å². The first kappa shape index (κ1) is 81.9. The number of anilines is 1. The van der Waals surface area contributed by atoms with Crippen molar-refractivity contribution in [3.05, 3.63) is 138 Å². The summed E-state index contributed by atoms with van der Waals surface area (Å²) in [4.78, 5) is 127. The highest BCUT2D eigenvalue weighted by Crippen LogP contribution is 2.45. The summed E-state index contributed by atoms with van der Waals surface area (Å²) in [6, 6.07) is 20.5. The molecule has 6 aliphatic rings. The Bertz CT molecular complexity index is 3980. The van der Waals surface area contributed by atoms with Crippen molar-refractivity contribution in [3.63, 3.8) is 0 Å². The third-order valence-electron chi connectivity index (χ3n) is 21.8. The van der Waals surface area contributed by atoms with Gasteiger partial charge in [-0.25, -0.2) is 10.1 Å². The zero-order valence-corrected chi connectivity index (χ0v) is 61.9. The molecule has 0 bridgehead atoms. The largest absolute Gasteiger partial charge is 0.504 e. The number of rotatable bonds is 22. The Balaban J connectivity index is 0.878. The smallest absolute Gasteiger partial charge is 0.410 e. The molecule has 0 radical (unpaired) electrons. The molecule has 1 saturated carbocycles. The van der Waals surface area contributed by atoms with E-state index >= 15 is 14.4 Å². The van der Waals surface area contributed by atoms with Crippen molar-refractivity contribution in [1.29, 1.82) is 0 Å². The number of carbonyl (C=O) groups excluding carboxylic acids is 8. The molecule has 0 spiro atoms. The van der Waals surface area contributed by atoms with Crippen LogP contribution >= 0.6 is 12.3 Å². The van der Waals surface area contributed by atoms with E-state index in [1.165, 1.54) is 57.2 Å². The number of phenolic OH excluding ortho intramolecular Hbond substituents is 1. The minimum Gasteiger partial charge on any atom is -0.504 e. The van der Waals surface area contributed by atoms with E-state index in [9.17, 15) is 69.9 Å². The highest BCUT2D eigenvalue weighted by atomic mass is 32.2. The zero-order chi connectivity index (χ0) is 78.4. The van der Waals surface area contributed by atoms with Gasteiger partial charge in [-0.1, -0.05) is 114 Å². The minimum atomic E-state index is -2.26. The lowest BCUT2D eigenvalue weighted by Crippen LogP contribution is -2.64. The summed E-state index contributed by atoms with van der Waals surface area (Å²) in [5.74, 6) is -10.4. The first-order valence-corrected chi connectivity index (χ1v) is 38.0. The summed E-state index contributed by atoms with van der Waals surface area (Å²) in [6.07, 6.45) is -7.24. The number of aliphatic hydroxyl groups excluding tert-OH is 8. The second kappa shape index (κ2) is 37.8. The monoisotopic (exact) mass is 1550 g/mol. The molecule has 32 nitrogen and oxygen atoms in total. The van der Waals surface area contributed by atoms with E-state index in [-0.39, 0.29) is 35.8 Å². The molecule has 5 aromatic carbocycles. The van der Waals surface area contributed by atoms with Crippen molar-refractivity contribution in [2.75, 3.05) is 77.1 Å². The van der Waals surface area contributed by atoms with Gasteiger partial charge in [0.25, 0.3) is 18.2 Å². The predicted molar refractivity (Wildman–Crippen MR) is 398 cm³/mol. The molecule has 0 aromatic heterocycles. The third-order valence-corrected chi connectivity index (χ3v) is 22.2. The number of hydrogen-bond donors (Lipinski definition) is 15. The lowest BCUT2D eigenvalue weighted by molar-refractivity contribution is -0.433. The molecule has 110 heavy (non-hydrogen) atoms. The number of aromatic hydroxyl groups is 1. The van der Waals surface area contributed by atoms with Crippen LogP contribution in [0, 0.1) is 5.92 Å². The number of hydrogen-bond acceptors (Lipinski definition) is 25. The number of carbonyl (C=O) groups is 8. The SMILES string of the molecule is C[C@@H](O)[C@@H]1NC(=O)C(NC(=O)c2ccc(-c3ccc(N4CCCN(C5CCCCC5)CC4)cc3)cc2)C[C@@H](O)CNC(=O)[C@@H]2[C@@H](O)[C@@H](C)CN2C(=O)[C@H]([C@H](O)CCN(C(=O)OCC2c3ccccc3-c3ccccc32)C(CO)CO)NC(=O)[C@H]([C@H](O)Cc2ccc(O)c(OSOOO)c2)NC(=O)[C@@H]2C[C@@H](O)CN2C1=O. The molecule has 4 saturated heterocycles. The van der Waals surface area contributed by atoms with E-state index in [1.807, 2.05) is 60.7 Å². The van der Waals surface area contributed by atoms with Gasteiger partial charge in [0, 0.05) is 101 Å². The maximum Gasteiger partial charge on any atom is 0.410 e. The Morgan fingerprint density at radius 3 is 1.99 bits per heavy atom.